The molecular weight excluding hydrogens is 728 g/mol. The molecule has 2 aromatic heterocycles. The highest BCUT2D eigenvalue weighted by atomic mass is 31.1. The molecular formula is C42H45N6O5PSi. The largest absolute Gasteiger partial charge is 0.408 e. The molecule has 0 radical (unpaired) electrons. The molecule has 0 spiro atoms. The van der Waals surface area contributed by atoms with Gasteiger partial charge in [-0.1, -0.05) is 130 Å². The predicted octanol–water partition coefficient (Wildman–Crippen LogP) is 8.54. The summed E-state index contributed by atoms with van der Waals surface area (Å²) >= 11 is 0. The van der Waals surface area contributed by atoms with Gasteiger partial charge in [0, 0.05) is 5.56 Å². The normalized spacial score (nSPS) is 19.1. The number of rotatable bonds is 13. The monoisotopic (exact) mass is 772 g/mol. The fraction of sp³-hybridized carbons (Fsp3) is 0.286. The first-order valence-electron chi connectivity index (χ1n) is 18.3. The molecule has 0 bridgehead atoms. The van der Waals surface area contributed by atoms with Crippen LogP contribution in [0.15, 0.2) is 134 Å². The molecule has 1 aliphatic rings. The number of imidazole rings is 1. The molecule has 4 atom stereocenters. The molecule has 3 heterocycles. The molecule has 11 nitrogen and oxygen atoms in total. The summed E-state index contributed by atoms with van der Waals surface area (Å²) in [6, 6.07) is 39.4. The van der Waals surface area contributed by atoms with Gasteiger partial charge >= 0.3 is 8.69 Å². The van der Waals surface area contributed by atoms with Gasteiger partial charge < -0.3 is 14.5 Å². The van der Waals surface area contributed by atoms with Gasteiger partial charge in [0.2, 0.25) is 0 Å². The molecule has 7 rings (SSSR count). The summed E-state index contributed by atoms with van der Waals surface area (Å²) in [5.74, 6) is -0.0443. The van der Waals surface area contributed by atoms with E-state index in [1.807, 2.05) is 65.2 Å². The second-order valence-corrected chi connectivity index (χ2v) is 20.3. The van der Waals surface area contributed by atoms with Crippen LogP contribution >= 0.6 is 8.69 Å². The number of carbonyl (C=O) groups excluding carboxylic acids is 1. The molecule has 1 saturated heterocycles. The van der Waals surface area contributed by atoms with Crippen molar-refractivity contribution in [2.75, 3.05) is 11.9 Å². The minimum Gasteiger partial charge on any atom is -0.408 e. The fourth-order valence-electron chi connectivity index (χ4n) is 6.99. The Hall–Kier alpha value is -4.94. The van der Waals surface area contributed by atoms with Gasteiger partial charge in [0.25, 0.3) is 5.91 Å². The van der Waals surface area contributed by atoms with Crippen LogP contribution in [0.2, 0.25) is 18.1 Å². The lowest BCUT2D eigenvalue weighted by Crippen LogP contribution is -2.59. The highest BCUT2D eigenvalue weighted by molar-refractivity contribution is 7.17. The third-order valence-electron chi connectivity index (χ3n) is 10.8. The summed E-state index contributed by atoms with van der Waals surface area (Å²) in [5, 5.41) is 6.87. The van der Waals surface area contributed by atoms with E-state index < -0.39 is 47.0 Å². The number of ether oxygens (including phenoxy) is 1. The Kier molecular flexibility index (Phi) is 11.2. The second-order valence-electron chi connectivity index (χ2n) is 15.2. The van der Waals surface area contributed by atoms with Crippen LogP contribution in [0, 0.1) is 0 Å². The van der Waals surface area contributed by atoms with Crippen molar-refractivity contribution in [3.63, 3.8) is 0 Å². The van der Waals surface area contributed by atoms with Crippen molar-refractivity contribution in [3.8, 4) is 0 Å². The van der Waals surface area contributed by atoms with Gasteiger partial charge in [0.05, 0.1) is 24.5 Å². The van der Waals surface area contributed by atoms with Crippen LogP contribution in [0.4, 0.5) is 5.82 Å². The van der Waals surface area contributed by atoms with E-state index in [0.717, 1.165) is 16.7 Å². The van der Waals surface area contributed by atoms with E-state index in [4.69, 9.17) is 18.7 Å². The van der Waals surface area contributed by atoms with E-state index in [-0.39, 0.29) is 23.4 Å². The lowest BCUT2D eigenvalue weighted by molar-refractivity contribution is -0.0422. The average molecular weight is 773 g/mol. The molecule has 1 fully saturated rings. The first-order chi connectivity index (χ1) is 26.5. The van der Waals surface area contributed by atoms with Gasteiger partial charge in [-0.15, -0.1) is 0 Å². The Labute approximate surface area is 323 Å². The highest BCUT2D eigenvalue weighted by Gasteiger charge is 2.54. The Bertz CT molecular complexity index is 2120. The fourth-order valence-corrected chi connectivity index (χ4v) is 8.49. The third kappa shape index (κ3) is 7.66. The number of benzene rings is 4. The zero-order valence-corrected chi connectivity index (χ0v) is 33.4. The van der Waals surface area contributed by atoms with Crippen molar-refractivity contribution in [1.82, 2.24) is 24.8 Å². The number of anilines is 1. The lowest BCUT2D eigenvalue weighted by Gasteiger charge is -2.44. The van der Waals surface area contributed by atoms with Gasteiger partial charge in [-0.25, -0.2) is 19.5 Å². The summed E-state index contributed by atoms with van der Waals surface area (Å²) < 4.78 is 33.7. The maximum Gasteiger partial charge on any atom is 0.327 e. The van der Waals surface area contributed by atoms with Gasteiger partial charge in [-0.3, -0.25) is 19.2 Å². The van der Waals surface area contributed by atoms with Crippen LogP contribution in [0.25, 0.3) is 11.2 Å². The van der Waals surface area contributed by atoms with E-state index in [1.54, 1.807) is 30.6 Å². The zero-order chi connectivity index (χ0) is 38.6. The zero-order valence-electron chi connectivity index (χ0n) is 31.5. The number of nitrogens with one attached hydrogen (secondary N) is 2. The maximum absolute atomic E-state index is 13.2. The lowest BCUT2D eigenvalue weighted by atomic mass is 9.76. The van der Waals surface area contributed by atoms with E-state index in [0.29, 0.717) is 16.7 Å². The van der Waals surface area contributed by atoms with E-state index in [1.165, 1.54) is 6.33 Å². The minimum atomic E-state index is -2.53. The summed E-state index contributed by atoms with van der Waals surface area (Å²) in [5.41, 5.74) is 3.51. The predicted molar refractivity (Wildman–Crippen MR) is 215 cm³/mol. The summed E-state index contributed by atoms with van der Waals surface area (Å²) in [6.07, 6.45) is 1.02. The van der Waals surface area contributed by atoms with Gasteiger partial charge in [0.1, 0.15) is 18.5 Å². The molecule has 6 aromatic rings. The number of hydrogen-bond acceptors (Lipinski definition) is 9. The van der Waals surface area contributed by atoms with Crippen molar-refractivity contribution >= 4 is 39.9 Å². The quantitative estimate of drug-likeness (QED) is 0.0674. The van der Waals surface area contributed by atoms with E-state index in [9.17, 15) is 9.36 Å². The molecule has 4 aromatic carbocycles. The van der Waals surface area contributed by atoms with Crippen LogP contribution in [0.5, 0.6) is 0 Å². The number of amides is 1. The Morgan fingerprint density at radius 1 is 0.818 bits per heavy atom. The molecule has 0 unspecified atom stereocenters. The van der Waals surface area contributed by atoms with Gasteiger partial charge in [-0.2, -0.15) is 0 Å². The average Bonchev–Trinajstić information content (AvgIpc) is 3.78. The molecule has 55 heavy (non-hydrogen) atoms. The Morgan fingerprint density at radius 2 is 1.36 bits per heavy atom. The SMILES string of the molecule is CC(C)(C)[Si](C)(C)O[C@@H]1[C@H](NC(c2ccccc2)(c2ccccc2)c2ccccc2)[C@@H](COP=O)O[C@H]1n1cnc2c(NC(=O)c3ccccc3)ncnc21. The van der Waals surface area contributed by atoms with Crippen molar-refractivity contribution in [2.45, 2.75) is 68.9 Å². The third-order valence-corrected chi connectivity index (χ3v) is 15.5. The first-order valence-corrected chi connectivity index (χ1v) is 21.9. The number of hydrogen-bond donors (Lipinski definition) is 2. The molecule has 13 heteroatoms. The van der Waals surface area contributed by atoms with Crippen molar-refractivity contribution < 1.29 is 23.0 Å². The smallest absolute Gasteiger partial charge is 0.327 e. The standard InChI is InChI=1S/C42H45N6O5PSi/c1-41(2,3)55(4,5)53-36-34(47-42(30-20-12-7-13-21-30,31-22-14-8-15-23-31)32-24-16-9-17-25-32)33(26-51-54-50)52-40(36)48-28-45-35-37(43-27-44-38(35)48)46-39(49)29-18-10-6-11-19-29/h6-25,27-28,33-34,36,40,47H,26H2,1-5H3,(H,43,44,46,49)/t33-,34-,36-,40-/m1/s1. The highest BCUT2D eigenvalue weighted by Crippen LogP contribution is 2.45. The number of nitrogens with zero attached hydrogens (tertiary/aromatic N) is 4. The van der Waals surface area contributed by atoms with Crippen LogP contribution in [0.3, 0.4) is 0 Å². The Balaban J connectivity index is 1.39. The number of fused-ring (bicyclic) bond motifs is 1. The Morgan fingerprint density at radius 3 is 1.89 bits per heavy atom. The minimum absolute atomic E-state index is 0.00499. The molecule has 0 saturated carbocycles. The van der Waals surface area contributed by atoms with Crippen LogP contribution in [-0.4, -0.2) is 58.6 Å². The van der Waals surface area contributed by atoms with Crippen LogP contribution in [-0.2, 0) is 23.8 Å². The van der Waals surface area contributed by atoms with Crippen LogP contribution < -0.4 is 10.6 Å². The second kappa shape index (κ2) is 16.0. The molecule has 1 aliphatic heterocycles. The maximum atomic E-state index is 13.2. The van der Waals surface area contributed by atoms with Crippen LogP contribution in [0.1, 0.15) is 54.0 Å². The van der Waals surface area contributed by atoms with Gasteiger partial charge in [0.15, 0.2) is 31.5 Å². The van der Waals surface area contributed by atoms with E-state index >= 15 is 0 Å². The number of aromatic nitrogens is 4. The molecule has 0 aliphatic carbocycles. The summed E-state index contributed by atoms with van der Waals surface area (Å²) in [7, 11) is -2.99. The molecule has 282 valence electrons. The topological polar surface area (TPSA) is 129 Å². The van der Waals surface area contributed by atoms with Gasteiger partial charge in [-0.05, 0) is 47.0 Å². The number of carbonyl (C=O) groups is 1. The van der Waals surface area contributed by atoms with Crippen molar-refractivity contribution in [2.24, 2.45) is 0 Å². The summed E-state index contributed by atoms with van der Waals surface area (Å²) in [4.78, 5) is 27.0. The first kappa shape index (κ1) is 38.3. The van der Waals surface area contributed by atoms with Crippen molar-refractivity contribution in [1.29, 1.82) is 0 Å². The van der Waals surface area contributed by atoms with E-state index in [2.05, 4.69) is 90.9 Å². The molecule has 2 N–H and O–H groups in total. The molecule has 1 amide bonds. The summed E-state index contributed by atoms with van der Waals surface area (Å²) in [6.45, 7) is 11.0. The van der Waals surface area contributed by atoms with Crippen molar-refractivity contribution in [3.05, 3.63) is 156 Å².